The molecule has 4 aromatic heterocycles. The molecule has 0 unspecified atom stereocenters. The molecule has 3 amide bonds. The SMILES string of the molecule is CC(C)(CO)C(=O)O.COc1cc2c(cc1C(=O)Nc1cccc(-c3nnc4n3C(C)(C)CC4)n1)CN(C(=O)C(C)(C)CO)CC2.COc1cc2c(cc1C(=O)Nc1cccc(-c3nnc4n3C(C)(C)CC4)n1)CNCC2.Cl. The molecule has 4 aliphatic heterocycles. The van der Waals surface area contributed by atoms with E-state index < -0.39 is 16.8 Å². The van der Waals surface area contributed by atoms with E-state index >= 15 is 0 Å². The van der Waals surface area contributed by atoms with Gasteiger partial charge in [0.05, 0.1) is 49.4 Å². The van der Waals surface area contributed by atoms with Gasteiger partial charge in [0.25, 0.3) is 11.8 Å². The average molecular weight is 1090 g/mol. The monoisotopic (exact) mass is 1090 g/mol. The summed E-state index contributed by atoms with van der Waals surface area (Å²) in [6.45, 7) is 17.1. The first-order valence-electron chi connectivity index (χ1n) is 25.8. The van der Waals surface area contributed by atoms with Gasteiger partial charge >= 0.3 is 5.97 Å². The number of benzene rings is 2. The number of anilines is 2. The molecule has 0 radical (unpaired) electrons. The van der Waals surface area contributed by atoms with E-state index in [4.69, 9.17) is 19.7 Å². The Morgan fingerprint density at radius 2 is 1.13 bits per heavy atom. The third-order valence-corrected chi connectivity index (χ3v) is 14.7. The predicted octanol–water partition coefficient (Wildman–Crippen LogP) is 6.62. The van der Waals surface area contributed by atoms with Gasteiger partial charge in [-0.3, -0.25) is 19.2 Å². The van der Waals surface area contributed by atoms with Gasteiger partial charge in [0, 0.05) is 43.6 Å². The second-order valence-electron chi connectivity index (χ2n) is 22.3. The van der Waals surface area contributed by atoms with Crippen molar-refractivity contribution < 1.29 is 44.0 Å². The first-order valence-corrected chi connectivity index (χ1v) is 25.8. The van der Waals surface area contributed by atoms with Gasteiger partial charge in [-0.2, -0.15) is 0 Å². The lowest BCUT2D eigenvalue weighted by molar-refractivity contribution is -0.149. The maximum atomic E-state index is 13.4. The lowest BCUT2D eigenvalue weighted by Crippen LogP contribution is -2.45. The lowest BCUT2D eigenvalue weighted by Gasteiger charge is -2.34. The zero-order valence-electron chi connectivity index (χ0n) is 46.0. The van der Waals surface area contributed by atoms with Crippen molar-refractivity contribution in [3.05, 3.63) is 106 Å². The molecule has 2 aromatic carbocycles. The predicted molar refractivity (Wildman–Crippen MR) is 295 cm³/mol. The Kier molecular flexibility index (Phi) is 17.5. The normalized spacial score (nSPS) is 15.6. The van der Waals surface area contributed by atoms with Crippen LogP contribution >= 0.6 is 12.4 Å². The van der Waals surface area contributed by atoms with E-state index in [1.54, 1.807) is 44.1 Å². The van der Waals surface area contributed by atoms with Crippen molar-refractivity contribution in [2.24, 2.45) is 10.8 Å². The van der Waals surface area contributed by atoms with Crippen LogP contribution in [0.25, 0.3) is 23.0 Å². The number of nitrogens with zero attached hydrogens (tertiary/aromatic N) is 9. The average Bonchev–Trinajstić information content (AvgIpc) is 4.28. The molecule has 0 spiro atoms. The number of ether oxygens (including phenoxy) is 2. The number of carboxylic acids is 1. The maximum absolute atomic E-state index is 13.4. The number of pyridine rings is 2. The number of halogens is 1. The summed E-state index contributed by atoms with van der Waals surface area (Å²) in [5.41, 5.74) is 4.44. The molecule has 22 heteroatoms. The molecule has 0 atom stereocenters. The van der Waals surface area contributed by atoms with E-state index in [0.29, 0.717) is 71.0 Å². The first-order chi connectivity index (χ1) is 36.5. The van der Waals surface area contributed by atoms with Crippen LogP contribution in [0.15, 0.2) is 60.7 Å². The summed E-state index contributed by atoms with van der Waals surface area (Å²) in [6, 6.07) is 18.5. The largest absolute Gasteiger partial charge is 0.496 e. The van der Waals surface area contributed by atoms with Crippen molar-refractivity contribution in [2.75, 3.05) is 51.2 Å². The molecular weight excluding hydrogens is 1020 g/mol. The van der Waals surface area contributed by atoms with Crippen molar-refractivity contribution >= 4 is 47.7 Å². The molecule has 78 heavy (non-hydrogen) atoms. The topological polar surface area (TPSA) is 274 Å². The molecule has 0 bridgehead atoms. The van der Waals surface area contributed by atoms with Crippen LogP contribution in [0, 0.1) is 10.8 Å². The van der Waals surface area contributed by atoms with Gasteiger partial charge in [0.2, 0.25) is 5.91 Å². The molecule has 8 heterocycles. The van der Waals surface area contributed by atoms with Gasteiger partial charge < -0.3 is 54.8 Å². The Bertz CT molecular complexity index is 3220. The number of aliphatic carboxylic acids is 1. The number of aliphatic hydroxyl groups is 2. The summed E-state index contributed by atoms with van der Waals surface area (Å²) in [5, 5.41) is 52.9. The number of carboxylic acid groups (broad SMARTS) is 1. The molecule has 10 rings (SSSR count). The van der Waals surface area contributed by atoms with E-state index in [2.05, 4.69) is 83.1 Å². The van der Waals surface area contributed by atoms with Crippen LogP contribution < -0.4 is 25.4 Å². The fourth-order valence-corrected chi connectivity index (χ4v) is 9.77. The smallest absolute Gasteiger partial charge is 0.311 e. The van der Waals surface area contributed by atoms with Crippen LogP contribution in [-0.2, 0) is 59.4 Å². The zero-order chi connectivity index (χ0) is 55.6. The Morgan fingerprint density at radius 3 is 1.58 bits per heavy atom. The van der Waals surface area contributed by atoms with Crippen LogP contribution in [0.1, 0.15) is 123 Å². The van der Waals surface area contributed by atoms with E-state index in [-0.39, 0.29) is 54.4 Å². The number of methoxy groups -OCH3 is 2. The van der Waals surface area contributed by atoms with Crippen LogP contribution in [-0.4, -0.2) is 124 Å². The number of aromatic nitrogens is 8. The Hall–Kier alpha value is -7.33. The van der Waals surface area contributed by atoms with E-state index in [9.17, 15) is 24.3 Å². The van der Waals surface area contributed by atoms with Gasteiger partial charge in [-0.15, -0.1) is 32.8 Å². The van der Waals surface area contributed by atoms with E-state index in [1.807, 2.05) is 42.5 Å². The highest BCUT2D eigenvalue weighted by Crippen LogP contribution is 2.37. The molecule has 6 aromatic rings. The summed E-state index contributed by atoms with van der Waals surface area (Å²) < 4.78 is 15.3. The highest BCUT2D eigenvalue weighted by atomic mass is 35.5. The molecule has 6 N–H and O–H groups in total. The molecule has 0 saturated carbocycles. The van der Waals surface area contributed by atoms with E-state index in [0.717, 1.165) is 79.4 Å². The second kappa shape index (κ2) is 23.3. The van der Waals surface area contributed by atoms with Gasteiger partial charge in [-0.25, -0.2) is 9.97 Å². The number of nitrogens with one attached hydrogen (secondary N) is 3. The molecule has 0 fully saturated rings. The second-order valence-corrected chi connectivity index (χ2v) is 22.3. The third-order valence-electron chi connectivity index (χ3n) is 14.7. The third kappa shape index (κ3) is 12.2. The maximum Gasteiger partial charge on any atom is 0.311 e. The van der Waals surface area contributed by atoms with Crippen molar-refractivity contribution in [2.45, 2.75) is 118 Å². The number of fused-ring (bicyclic) bond motifs is 4. The summed E-state index contributed by atoms with van der Waals surface area (Å²) in [5.74, 6) is 3.52. The summed E-state index contributed by atoms with van der Waals surface area (Å²) >= 11 is 0. The van der Waals surface area contributed by atoms with Gasteiger partial charge in [-0.1, -0.05) is 12.1 Å². The fourth-order valence-electron chi connectivity index (χ4n) is 9.77. The number of aryl methyl sites for hydroxylation is 2. The number of carbonyl (C=O) groups is 4. The highest BCUT2D eigenvalue weighted by molar-refractivity contribution is 6.07. The molecule has 4 aliphatic rings. The minimum atomic E-state index is -0.986. The van der Waals surface area contributed by atoms with Crippen LogP contribution in [0.3, 0.4) is 0 Å². The lowest BCUT2D eigenvalue weighted by atomic mass is 9.90. The number of aliphatic hydroxyl groups excluding tert-OH is 2. The van der Waals surface area contributed by atoms with Crippen LogP contribution in [0.2, 0.25) is 0 Å². The number of hydrogen-bond donors (Lipinski definition) is 6. The molecular formula is C56H71ClN12O9. The van der Waals surface area contributed by atoms with Crippen molar-refractivity contribution in [1.82, 2.24) is 49.7 Å². The van der Waals surface area contributed by atoms with Crippen molar-refractivity contribution in [3.63, 3.8) is 0 Å². The van der Waals surface area contributed by atoms with Crippen LogP contribution in [0.4, 0.5) is 11.6 Å². The van der Waals surface area contributed by atoms with Gasteiger partial charge in [-0.05, 0) is 158 Å². The molecule has 416 valence electrons. The summed E-state index contributed by atoms with van der Waals surface area (Å²) in [4.78, 5) is 60.6. The highest BCUT2D eigenvalue weighted by Gasteiger charge is 2.37. The standard InChI is InChI=1S/C28H34N6O4.C23H26N6O2.C5H10O3.ClH/c1-27(2,16-35)26(37)33-12-10-17-14-21(38-5)19(13-18(17)15-33)25(36)30-22-8-6-7-20(29-22)24-32-31-23-9-11-28(3,4)34(23)24;1-23(2)9-7-20-27-28-21(29(20)23)17-5-4-6-19(25-17)26-22(30)16-11-15-13-24-10-8-14(15)12-18(16)31-3;1-5(2,3-6)4(7)8;/h6-8,13-14,35H,9-12,15-16H2,1-5H3,(H,29,30,36);4-6,11-12,24H,7-10,13H2,1-3H3,(H,25,26,30);6H,3H2,1-2H3,(H,7,8);1H. The molecule has 21 nitrogen and oxygen atoms in total. The van der Waals surface area contributed by atoms with Crippen LogP contribution in [0.5, 0.6) is 11.5 Å². The quantitative estimate of drug-likeness (QED) is 0.0751. The number of hydrogen-bond acceptors (Lipinski definition) is 15. The fraction of sp³-hybridized carbons (Fsp3) is 0.464. The molecule has 0 saturated heterocycles. The first kappa shape index (κ1) is 58.4. The number of rotatable bonds is 12. The van der Waals surface area contributed by atoms with Crippen molar-refractivity contribution in [1.29, 1.82) is 0 Å². The minimum absolute atomic E-state index is 0. The van der Waals surface area contributed by atoms with E-state index in [1.165, 1.54) is 26.5 Å². The van der Waals surface area contributed by atoms with Crippen molar-refractivity contribution in [3.8, 4) is 34.5 Å². The zero-order valence-corrected chi connectivity index (χ0v) is 46.8. The Balaban J connectivity index is 0.000000199. The minimum Gasteiger partial charge on any atom is -0.496 e. The van der Waals surface area contributed by atoms with Gasteiger partial charge in [0.15, 0.2) is 11.6 Å². The number of amides is 3. The summed E-state index contributed by atoms with van der Waals surface area (Å²) in [7, 11) is 3.12. The Labute approximate surface area is 460 Å². The number of carbonyl (C=O) groups excluding carboxylic acids is 3. The Morgan fingerprint density at radius 1 is 0.654 bits per heavy atom. The molecule has 0 aliphatic carbocycles. The van der Waals surface area contributed by atoms with Gasteiger partial charge in [0.1, 0.15) is 46.2 Å². The summed E-state index contributed by atoms with van der Waals surface area (Å²) in [6.07, 6.45) is 5.35.